The Hall–Kier alpha value is -0.820. The number of aliphatic hydroxyl groups excluding tert-OH is 1. The van der Waals surface area contributed by atoms with Gasteiger partial charge in [-0.2, -0.15) is 0 Å². The maximum atomic E-state index is 9.13. The van der Waals surface area contributed by atoms with Gasteiger partial charge in [0.05, 0.1) is 6.61 Å². The van der Waals surface area contributed by atoms with Crippen molar-refractivity contribution in [3.63, 3.8) is 0 Å². The van der Waals surface area contributed by atoms with Crippen LogP contribution < -0.4 is 0 Å². The number of fused-ring (bicyclic) bond motifs is 1. The van der Waals surface area contributed by atoms with E-state index in [4.69, 9.17) is 5.11 Å². The number of benzene rings is 1. The average molecular weight is 162 g/mol. The first-order chi connectivity index (χ1) is 5.81. The van der Waals surface area contributed by atoms with E-state index < -0.39 is 0 Å². The molecule has 1 aliphatic rings. The molecule has 1 heteroatoms. The quantitative estimate of drug-likeness (QED) is 0.669. The lowest BCUT2D eigenvalue weighted by Gasteiger charge is -2.06. The predicted molar refractivity (Wildman–Crippen MR) is 49.1 cm³/mol. The van der Waals surface area contributed by atoms with Crippen molar-refractivity contribution >= 4 is 0 Å². The first-order valence-electron chi connectivity index (χ1n) is 4.53. The van der Waals surface area contributed by atoms with Gasteiger partial charge >= 0.3 is 0 Å². The van der Waals surface area contributed by atoms with Crippen molar-refractivity contribution in [2.24, 2.45) is 0 Å². The monoisotopic (exact) mass is 162 g/mol. The van der Waals surface area contributed by atoms with Gasteiger partial charge in [-0.1, -0.05) is 17.7 Å². The Kier molecular flexibility index (Phi) is 1.89. The Morgan fingerprint density at radius 2 is 2.17 bits per heavy atom. The molecule has 1 aromatic rings. The molecule has 1 aliphatic carbocycles. The van der Waals surface area contributed by atoms with Crippen molar-refractivity contribution in [2.75, 3.05) is 0 Å². The second-order valence-corrected chi connectivity index (χ2v) is 3.57. The highest BCUT2D eigenvalue weighted by molar-refractivity contribution is 5.41. The molecule has 0 saturated heterocycles. The third-order valence-electron chi connectivity index (χ3n) is 2.62. The van der Waals surface area contributed by atoms with Gasteiger partial charge in [0.2, 0.25) is 0 Å². The molecule has 1 N–H and O–H groups in total. The van der Waals surface area contributed by atoms with Crippen LogP contribution in [0.2, 0.25) is 0 Å². The summed E-state index contributed by atoms with van der Waals surface area (Å²) in [7, 11) is 0. The minimum atomic E-state index is 0.198. The molecular formula is C11H14O. The molecule has 1 nitrogen and oxygen atoms in total. The summed E-state index contributed by atoms with van der Waals surface area (Å²) in [5.74, 6) is 0. The van der Waals surface area contributed by atoms with Crippen LogP contribution in [0.4, 0.5) is 0 Å². The van der Waals surface area contributed by atoms with Crippen LogP contribution in [0.1, 0.15) is 28.7 Å². The Morgan fingerprint density at radius 1 is 1.33 bits per heavy atom. The van der Waals surface area contributed by atoms with Crippen molar-refractivity contribution in [3.05, 3.63) is 34.4 Å². The standard InChI is InChI=1S/C11H14O/c1-8-5-9-3-2-4-11(9)10(6-8)7-12/h5-6,12H,2-4,7H2,1H3. The maximum Gasteiger partial charge on any atom is 0.0684 e. The van der Waals surface area contributed by atoms with E-state index in [1.54, 1.807) is 0 Å². The van der Waals surface area contributed by atoms with Crippen LogP contribution in [-0.2, 0) is 19.4 Å². The van der Waals surface area contributed by atoms with Crippen molar-refractivity contribution in [1.29, 1.82) is 0 Å². The normalized spacial score (nSPS) is 14.8. The van der Waals surface area contributed by atoms with Gasteiger partial charge in [0.1, 0.15) is 0 Å². The zero-order valence-corrected chi connectivity index (χ0v) is 7.43. The van der Waals surface area contributed by atoms with E-state index in [-0.39, 0.29) is 6.61 Å². The van der Waals surface area contributed by atoms with Crippen molar-refractivity contribution < 1.29 is 5.11 Å². The smallest absolute Gasteiger partial charge is 0.0684 e. The molecule has 0 atom stereocenters. The van der Waals surface area contributed by atoms with Crippen LogP contribution in [0.5, 0.6) is 0 Å². The summed E-state index contributed by atoms with van der Waals surface area (Å²) in [4.78, 5) is 0. The minimum Gasteiger partial charge on any atom is -0.392 e. The molecule has 1 aromatic carbocycles. The lowest BCUT2D eigenvalue weighted by Crippen LogP contribution is -1.94. The highest BCUT2D eigenvalue weighted by Crippen LogP contribution is 2.26. The Morgan fingerprint density at radius 3 is 2.92 bits per heavy atom. The molecule has 0 aliphatic heterocycles. The molecule has 0 unspecified atom stereocenters. The molecule has 12 heavy (non-hydrogen) atoms. The van der Waals surface area contributed by atoms with Crippen molar-refractivity contribution in [3.8, 4) is 0 Å². The topological polar surface area (TPSA) is 20.2 Å². The fourth-order valence-corrected chi connectivity index (χ4v) is 2.11. The first-order valence-corrected chi connectivity index (χ1v) is 4.53. The Labute approximate surface area is 73.0 Å². The molecule has 0 amide bonds. The third-order valence-corrected chi connectivity index (χ3v) is 2.62. The molecule has 0 aromatic heterocycles. The molecule has 2 rings (SSSR count). The number of aliphatic hydroxyl groups is 1. The second-order valence-electron chi connectivity index (χ2n) is 3.57. The maximum absolute atomic E-state index is 9.13. The Balaban J connectivity index is 2.55. The summed E-state index contributed by atoms with van der Waals surface area (Å²) in [5.41, 5.74) is 5.28. The average Bonchev–Trinajstić information content (AvgIpc) is 2.50. The van der Waals surface area contributed by atoms with E-state index in [0.717, 1.165) is 12.0 Å². The van der Waals surface area contributed by atoms with E-state index in [1.165, 1.54) is 29.5 Å². The Bertz CT molecular complexity index is 302. The largest absolute Gasteiger partial charge is 0.392 e. The zero-order chi connectivity index (χ0) is 8.55. The highest BCUT2D eigenvalue weighted by atomic mass is 16.3. The summed E-state index contributed by atoms with van der Waals surface area (Å²) >= 11 is 0. The minimum absolute atomic E-state index is 0.198. The molecule has 0 saturated carbocycles. The molecular weight excluding hydrogens is 148 g/mol. The van der Waals surface area contributed by atoms with Crippen LogP contribution >= 0.6 is 0 Å². The van der Waals surface area contributed by atoms with Crippen LogP contribution in [-0.4, -0.2) is 5.11 Å². The van der Waals surface area contributed by atoms with Gasteiger partial charge in [0.25, 0.3) is 0 Å². The summed E-state index contributed by atoms with van der Waals surface area (Å²) in [5, 5.41) is 9.13. The van der Waals surface area contributed by atoms with Crippen LogP contribution in [0.25, 0.3) is 0 Å². The number of hydrogen-bond acceptors (Lipinski definition) is 1. The van der Waals surface area contributed by atoms with Crippen LogP contribution in [0.3, 0.4) is 0 Å². The summed E-state index contributed by atoms with van der Waals surface area (Å²) in [6.07, 6.45) is 3.61. The number of aryl methyl sites for hydroxylation is 2. The van der Waals surface area contributed by atoms with E-state index in [2.05, 4.69) is 19.1 Å². The summed E-state index contributed by atoms with van der Waals surface area (Å²) in [6.45, 7) is 2.29. The van der Waals surface area contributed by atoms with Gasteiger partial charge in [-0.05, 0) is 42.9 Å². The molecule has 0 radical (unpaired) electrons. The highest BCUT2D eigenvalue weighted by Gasteiger charge is 2.14. The second kappa shape index (κ2) is 2.91. The van der Waals surface area contributed by atoms with Gasteiger partial charge in [0.15, 0.2) is 0 Å². The van der Waals surface area contributed by atoms with E-state index in [0.29, 0.717) is 0 Å². The lowest BCUT2D eigenvalue weighted by molar-refractivity contribution is 0.280. The zero-order valence-electron chi connectivity index (χ0n) is 7.43. The molecule has 0 fully saturated rings. The van der Waals surface area contributed by atoms with Crippen molar-refractivity contribution in [1.82, 2.24) is 0 Å². The third kappa shape index (κ3) is 1.14. The van der Waals surface area contributed by atoms with Gasteiger partial charge in [0, 0.05) is 0 Å². The van der Waals surface area contributed by atoms with E-state index in [1.807, 2.05) is 0 Å². The molecule has 0 heterocycles. The fourth-order valence-electron chi connectivity index (χ4n) is 2.11. The molecule has 0 bridgehead atoms. The summed E-state index contributed by atoms with van der Waals surface area (Å²) in [6, 6.07) is 4.35. The molecule has 0 spiro atoms. The van der Waals surface area contributed by atoms with Gasteiger partial charge in [-0.25, -0.2) is 0 Å². The van der Waals surface area contributed by atoms with E-state index in [9.17, 15) is 0 Å². The predicted octanol–water partition coefficient (Wildman–Crippen LogP) is 1.98. The number of hydrogen-bond donors (Lipinski definition) is 1. The van der Waals surface area contributed by atoms with Crippen molar-refractivity contribution in [2.45, 2.75) is 32.8 Å². The van der Waals surface area contributed by atoms with E-state index >= 15 is 0 Å². The summed E-state index contributed by atoms with van der Waals surface area (Å²) < 4.78 is 0. The lowest BCUT2D eigenvalue weighted by atomic mass is 10.0. The number of rotatable bonds is 1. The molecule has 64 valence electrons. The SMILES string of the molecule is Cc1cc(CO)c2c(c1)CCC2. The first kappa shape index (κ1) is 7.81. The van der Waals surface area contributed by atoms with Gasteiger partial charge in [-0.15, -0.1) is 0 Å². The van der Waals surface area contributed by atoms with Crippen LogP contribution in [0.15, 0.2) is 12.1 Å². The van der Waals surface area contributed by atoms with Crippen LogP contribution in [0, 0.1) is 6.92 Å². The fraction of sp³-hybridized carbons (Fsp3) is 0.455. The van der Waals surface area contributed by atoms with Gasteiger partial charge in [-0.3, -0.25) is 0 Å². The van der Waals surface area contributed by atoms with Gasteiger partial charge < -0.3 is 5.11 Å².